The Hall–Kier alpha value is -0.180. The number of nitrogens with zero attached hydrogens (tertiary/aromatic N) is 1. The number of amidine groups is 1. The van der Waals surface area contributed by atoms with E-state index in [1.54, 1.807) is 0 Å². The molecule has 2 nitrogen and oxygen atoms in total. The Morgan fingerprint density at radius 2 is 2.14 bits per heavy atom. The second-order valence-electron chi connectivity index (χ2n) is 4.40. The Labute approximate surface area is 90.9 Å². The van der Waals surface area contributed by atoms with Crippen LogP contribution in [0.25, 0.3) is 0 Å². The van der Waals surface area contributed by atoms with Crippen LogP contribution in [0.15, 0.2) is 4.99 Å². The van der Waals surface area contributed by atoms with Crippen LogP contribution in [-0.2, 0) is 0 Å². The first-order valence-corrected chi connectivity index (χ1v) is 6.78. The van der Waals surface area contributed by atoms with E-state index in [-0.39, 0.29) is 0 Å². The highest BCUT2D eigenvalue weighted by atomic mass is 32.2. The van der Waals surface area contributed by atoms with Gasteiger partial charge in [-0.15, -0.1) is 0 Å². The highest BCUT2D eigenvalue weighted by molar-refractivity contribution is 8.13. The first-order chi connectivity index (χ1) is 6.86. The van der Waals surface area contributed by atoms with Gasteiger partial charge in [0.15, 0.2) is 5.17 Å². The predicted molar refractivity (Wildman–Crippen MR) is 63.9 cm³/mol. The monoisotopic (exact) mass is 212 g/mol. The summed E-state index contributed by atoms with van der Waals surface area (Å²) >= 11 is 1.90. The Kier molecular flexibility index (Phi) is 3.74. The third-order valence-electron chi connectivity index (χ3n) is 3.22. The molecule has 2 atom stereocenters. The minimum absolute atomic E-state index is 0.688. The van der Waals surface area contributed by atoms with E-state index in [1.165, 1.54) is 43.0 Å². The molecule has 0 radical (unpaired) electrons. The molecule has 2 rings (SSSR count). The maximum atomic E-state index is 4.53. The van der Waals surface area contributed by atoms with Gasteiger partial charge in [0.25, 0.3) is 0 Å². The molecular formula is C11H20N2S. The van der Waals surface area contributed by atoms with Crippen LogP contribution in [0, 0.1) is 5.92 Å². The fourth-order valence-electron chi connectivity index (χ4n) is 2.24. The standard InChI is InChI=1S/C11H20N2S/c1-9-5-2-3-6-10(9)13-11-12-7-4-8-14-11/h9-10H,2-8H2,1H3,(H,12,13)/t9-,10+/m0/s1. The summed E-state index contributed by atoms with van der Waals surface area (Å²) < 4.78 is 0. The van der Waals surface area contributed by atoms with Gasteiger partial charge >= 0.3 is 0 Å². The lowest BCUT2D eigenvalue weighted by Gasteiger charge is -2.31. The lowest BCUT2D eigenvalue weighted by atomic mass is 9.86. The zero-order chi connectivity index (χ0) is 9.80. The van der Waals surface area contributed by atoms with Crippen molar-refractivity contribution in [2.75, 3.05) is 12.3 Å². The highest BCUT2D eigenvalue weighted by Gasteiger charge is 2.22. The number of thioether (sulfide) groups is 1. The predicted octanol–water partition coefficient (Wildman–Crippen LogP) is 2.65. The lowest BCUT2D eigenvalue weighted by molar-refractivity contribution is 0.309. The number of rotatable bonds is 1. The second-order valence-corrected chi connectivity index (χ2v) is 5.49. The van der Waals surface area contributed by atoms with Crippen LogP contribution in [0.2, 0.25) is 0 Å². The molecule has 2 aliphatic rings. The first-order valence-electron chi connectivity index (χ1n) is 5.80. The minimum atomic E-state index is 0.688. The van der Waals surface area contributed by atoms with Crippen molar-refractivity contribution in [2.45, 2.75) is 45.1 Å². The van der Waals surface area contributed by atoms with Gasteiger partial charge < -0.3 is 5.32 Å². The molecule has 1 aliphatic carbocycles. The molecule has 14 heavy (non-hydrogen) atoms. The van der Waals surface area contributed by atoms with E-state index in [2.05, 4.69) is 17.2 Å². The molecule has 0 saturated heterocycles. The molecule has 0 aromatic heterocycles. The van der Waals surface area contributed by atoms with Crippen LogP contribution in [0.3, 0.4) is 0 Å². The van der Waals surface area contributed by atoms with Gasteiger partial charge in [-0.25, -0.2) is 0 Å². The van der Waals surface area contributed by atoms with Crippen LogP contribution in [0.1, 0.15) is 39.0 Å². The minimum Gasteiger partial charge on any atom is -0.362 e. The summed E-state index contributed by atoms with van der Waals surface area (Å²) in [5.41, 5.74) is 0. The van der Waals surface area contributed by atoms with E-state index in [0.717, 1.165) is 12.5 Å². The van der Waals surface area contributed by atoms with Gasteiger partial charge in [-0.2, -0.15) is 0 Å². The maximum Gasteiger partial charge on any atom is 0.156 e. The highest BCUT2D eigenvalue weighted by Crippen LogP contribution is 2.24. The van der Waals surface area contributed by atoms with Crippen molar-refractivity contribution >= 4 is 16.9 Å². The fraction of sp³-hybridized carbons (Fsp3) is 0.909. The Bertz CT molecular complexity index is 215. The molecule has 0 spiro atoms. The van der Waals surface area contributed by atoms with Crippen molar-refractivity contribution in [2.24, 2.45) is 10.9 Å². The molecule has 3 heteroatoms. The maximum absolute atomic E-state index is 4.53. The molecule has 1 fully saturated rings. The van der Waals surface area contributed by atoms with E-state index in [4.69, 9.17) is 0 Å². The van der Waals surface area contributed by atoms with Crippen molar-refractivity contribution < 1.29 is 0 Å². The third-order valence-corrected chi connectivity index (χ3v) is 4.23. The molecule has 0 unspecified atom stereocenters. The van der Waals surface area contributed by atoms with Gasteiger partial charge in [-0.1, -0.05) is 31.5 Å². The molecule has 80 valence electrons. The summed E-state index contributed by atoms with van der Waals surface area (Å²) in [6.45, 7) is 3.39. The van der Waals surface area contributed by atoms with Crippen molar-refractivity contribution in [3.8, 4) is 0 Å². The van der Waals surface area contributed by atoms with Crippen molar-refractivity contribution in [1.82, 2.24) is 5.32 Å². The van der Waals surface area contributed by atoms with Crippen molar-refractivity contribution in [3.05, 3.63) is 0 Å². The average Bonchev–Trinajstić information content (AvgIpc) is 2.23. The quantitative estimate of drug-likeness (QED) is 0.722. The zero-order valence-corrected chi connectivity index (χ0v) is 9.78. The van der Waals surface area contributed by atoms with E-state index in [9.17, 15) is 0 Å². The molecule has 1 heterocycles. The summed E-state index contributed by atoms with van der Waals surface area (Å²) in [7, 11) is 0. The molecule has 1 aliphatic heterocycles. The average molecular weight is 212 g/mol. The Balaban J connectivity index is 1.85. The van der Waals surface area contributed by atoms with Crippen LogP contribution < -0.4 is 5.32 Å². The van der Waals surface area contributed by atoms with Crippen LogP contribution in [-0.4, -0.2) is 23.5 Å². The van der Waals surface area contributed by atoms with E-state index >= 15 is 0 Å². The summed E-state index contributed by atoms with van der Waals surface area (Å²) in [5, 5.41) is 4.82. The van der Waals surface area contributed by atoms with Crippen molar-refractivity contribution in [1.29, 1.82) is 0 Å². The SMILES string of the molecule is C[C@H]1CCCC[C@H]1NC1=NCCCS1. The number of aliphatic imine (C=N–C) groups is 1. The van der Waals surface area contributed by atoms with Gasteiger partial charge in [0, 0.05) is 18.3 Å². The fourth-order valence-corrected chi connectivity index (χ4v) is 3.12. The summed E-state index contributed by atoms with van der Waals surface area (Å²) in [5.74, 6) is 2.07. The van der Waals surface area contributed by atoms with Gasteiger partial charge in [0.2, 0.25) is 0 Å². The summed E-state index contributed by atoms with van der Waals surface area (Å²) in [6, 6.07) is 0.688. The molecule has 0 amide bonds. The summed E-state index contributed by atoms with van der Waals surface area (Å²) in [6.07, 6.45) is 6.77. The lowest BCUT2D eigenvalue weighted by Crippen LogP contribution is -2.40. The van der Waals surface area contributed by atoms with Crippen LogP contribution >= 0.6 is 11.8 Å². The van der Waals surface area contributed by atoms with Gasteiger partial charge in [0.05, 0.1) is 0 Å². The smallest absolute Gasteiger partial charge is 0.156 e. The normalized spacial score (nSPS) is 33.6. The van der Waals surface area contributed by atoms with Crippen LogP contribution in [0.5, 0.6) is 0 Å². The molecule has 0 aromatic carbocycles. The molecular weight excluding hydrogens is 192 g/mol. The van der Waals surface area contributed by atoms with E-state index in [0.29, 0.717) is 6.04 Å². The molecule has 0 bridgehead atoms. The third kappa shape index (κ3) is 2.66. The van der Waals surface area contributed by atoms with Gasteiger partial charge in [-0.3, -0.25) is 4.99 Å². The van der Waals surface area contributed by atoms with E-state index in [1.807, 2.05) is 11.8 Å². The van der Waals surface area contributed by atoms with Gasteiger partial charge in [-0.05, 0) is 25.2 Å². The topological polar surface area (TPSA) is 24.4 Å². The Morgan fingerprint density at radius 1 is 1.29 bits per heavy atom. The number of nitrogens with one attached hydrogen (secondary N) is 1. The number of hydrogen-bond donors (Lipinski definition) is 1. The molecule has 1 saturated carbocycles. The Morgan fingerprint density at radius 3 is 2.86 bits per heavy atom. The second kappa shape index (κ2) is 5.06. The zero-order valence-electron chi connectivity index (χ0n) is 8.96. The van der Waals surface area contributed by atoms with Gasteiger partial charge in [0.1, 0.15) is 0 Å². The van der Waals surface area contributed by atoms with Crippen molar-refractivity contribution in [3.63, 3.8) is 0 Å². The molecule has 1 N–H and O–H groups in total. The number of hydrogen-bond acceptors (Lipinski definition) is 3. The van der Waals surface area contributed by atoms with E-state index < -0.39 is 0 Å². The largest absolute Gasteiger partial charge is 0.362 e. The molecule has 0 aromatic rings. The summed E-state index contributed by atoms with van der Waals surface area (Å²) in [4.78, 5) is 4.53. The van der Waals surface area contributed by atoms with Crippen LogP contribution in [0.4, 0.5) is 0 Å². The first kappa shape index (κ1) is 10.3.